The van der Waals surface area contributed by atoms with E-state index in [1.807, 2.05) is 24.3 Å². The van der Waals surface area contributed by atoms with Gasteiger partial charge < -0.3 is 14.8 Å². The predicted molar refractivity (Wildman–Crippen MR) is 77.8 cm³/mol. The van der Waals surface area contributed by atoms with Crippen LogP contribution in [0.2, 0.25) is 0 Å². The van der Waals surface area contributed by atoms with Crippen molar-refractivity contribution in [3.05, 3.63) is 30.6 Å². The maximum atomic E-state index is 5.62. The number of hydrogen-bond donors (Lipinski definition) is 1. The summed E-state index contributed by atoms with van der Waals surface area (Å²) in [5, 5.41) is 4.33. The number of anilines is 1. The first-order valence-corrected chi connectivity index (χ1v) is 7.06. The van der Waals surface area contributed by atoms with Gasteiger partial charge in [-0.1, -0.05) is 12.1 Å². The molecule has 0 spiro atoms. The third-order valence-corrected chi connectivity index (χ3v) is 3.41. The van der Waals surface area contributed by atoms with E-state index in [1.165, 1.54) is 0 Å². The van der Waals surface area contributed by atoms with Gasteiger partial charge in [0.15, 0.2) is 0 Å². The number of nitrogens with zero attached hydrogens (tertiary/aromatic N) is 2. The lowest BCUT2D eigenvalue weighted by molar-refractivity contribution is 0.0206. The average molecular weight is 273 g/mol. The van der Waals surface area contributed by atoms with Crippen LogP contribution in [0.15, 0.2) is 30.6 Å². The molecular formula is C15H19N3O2. The fraction of sp³-hybridized carbons (Fsp3) is 0.467. The second-order valence-electron chi connectivity index (χ2n) is 4.88. The van der Waals surface area contributed by atoms with Crippen molar-refractivity contribution in [3.8, 4) is 0 Å². The van der Waals surface area contributed by atoms with Crippen LogP contribution in [0.4, 0.5) is 5.82 Å². The number of hydrogen-bond acceptors (Lipinski definition) is 5. The van der Waals surface area contributed by atoms with Gasteiger partial charge >= 0.3 is 0 Å². The molecule has 1 aromatic carbocycles. The molecule has 5 nitrogen and oxygen atoms in total. The van der Waals surface area contributed by atoms with Gasteiger partial charge in [-0.25, -0.2) is 9.97 Å². The van der Waals surface area contributed by atoms with E-state index in [2.05, 4.69) is 15.3 Å². The van der Waals surface area contributed by atoms with Crippen LogP contribution >= 0.6 is 0 Å². The van der Waals surface area contributed by atoms with Crippen LogP contribution < -0.4 is 5.32 Å². The molecule has 5 heteroatoms. The van der Waals surface area contributed by atoms with Crippen molar-refractivity contribution in [1.29, 1.82) is 0 Å². The molecule has 2 heterocycles. The van der Waals surface area contributed by atoms with Crippen LogP contribution in [0.25, 0.3) is 10.9 Å². The van der Waals surface area contributed by atoms with Crippen molar-refractivity contribution in [1.82, 2.24) is 9.97 Å². The van der Waals surface area contributed by atoms with Crippen molar-refractivity contribution >= 4 is 16.7 Å². The van der Waals surface area contributed by atoms with E-state index in [4.69, 9.17) is 9.47 Å². The SMILES string of the molecule is c1ccc2c(NCCOCC3CCCO3)ncnc2c1. The monoisotopic (exact) mass is 273 g/mol. The first-order valence-electron chi connectivity index (χ1n) is 7.06. The molecule has 106 valence electrons. The van der Waals surface area contributed by atoms with E-state index in [-0.39, 0.29) is 6.10 Å². The Morgan fingerprint density at radius 2 is 2.25 bits per heavy atom. The lowest BCUT2D eigenvalue weighted by Gasteiger charge is -2.11. The van der Waals surface area contributed by atoms with E-state index in [9.17, 15) is 0 Å². The Morgan fingerprint density at radius 3 is 3.15 bits per heavy atom. The summed E-state index contributed by atoms with van der Waals surface area (Å²) in [5.41, 5.74) is 0.949. The third kappa shape index (κ3) is 3.23. The molecule has 1 fully saturated rings. The Morgan fingerprint density at radius 1 is 1.30 bits per heavy atom. The zero-order valence-electron chi connectivity index (χ0n) is 11.4. The normalized spacial score (nSPS) is 18.5. The van der Waals surface area contributed by atoms with Crippen LogP contribution in [0.1, 0.15) is 12.8 Å². The van der Waals surface area contributed by atoms with E-state index < -0.39 is 0 Å². The molecular weight excluding hydrogens is 254 g/mol. The number of para-hydroxylation sites is 1. The van der Waals surface area contributed by atoms with E-state index in [1.54, 1.807) is 6.33 Å². The van der Waals surface area contributed by atoms with Crippen LogP contribution in [-0.4, -0.2) is 42.4 Å². The molecule has 0 saturated carbocycles. The zero-order valence-corrected chi connectivity index (χ0v) is 11.4. The largest absolute Gasteiger partial charge is 0.377 e. The summed E-state index contributed by atoms with van der Waals surface area (Å²) in [7, 11) is 0. The summed E-state index contributed by atoms with van der Waals surface area (Å²) in [6.07, 6.45) is 4.14. The number of aromatic nitrogens is 2. The minimum Gasteiger partial charge on any atom is -0.377 e. The molecule has 1 unspecified atom stereocenters. The maximum absolute atomic E-state index is 5.62. The van der Waals surface area contributed by atoms with Crippen LogP contribution in [-0.2, 0) is 9.47 Å². The Balaban J connectivity index is 1.47. The second-order valence-corrected chi connectivity index (χ2v) is 4.88. The highest BCUT2D eigenvalue weighted by molar-refractivity contribution is 5.88. The van der Waals surface area contributed by atoms with Gasteiger partial charge in [0.1, 0.15) is 12.1 Å². The van der Waals surface area contributed by atoms with Crippen LogP contribution in [0.5, 0.6) is 0 Å². The highest BCUT2D eigenvalue weighted by Crippen LogP contribution is 2.17. The number of nitrogens with one attached hydrogen (secondary N) is 1. The number of rotatable bonds is 6. The maximum Gasteiger partial charge on any atom is 0.137 e. The summed E-state index contributed by atoms with van der Waals surface area (Å²) >= 11 is 0. The lowest BCUT2D eigenvalue weighted by atomic mass is 10.2. The Hall–Kier alpha value is -1.72. The first kappa shape index (κ1) is 13.3. The summed E-state index contributed by atoms with van der Waals surface area (Å²) in [6, 6.07) is 7.97. The van der Waals surface area contributed by atoms with Gasteiger partial charge in [0.25, 0.3) is 0 Å². The van der Waals surface area contributed by atoms with Gasteiger partial charge in [0, 0.05) is 18.5 Å². The van der Waals surface area contributed by atoms with E-state index in [0.717, 1.165) is 42.7 Å². The van der Waals surface area contributed by atoms with Gasteiger partial charge in [-0.15, -0.1) is 0 Å². The standard InChI is InChI=1S/C15H19N3O2/c1-2-6-14-13(5-1)15(18-11-17-14)16-7-9-19-10-12-4-3-8-20-12/h1-2,5-6,11-12H,3-4,7-10H2,(H,16,17,18). The molecule has 0 bridgehead atoms. The van der Waals surface area contributed by atoms with Gasteiger partial charge in [0.05, 0.1) is 24.8 Å². The van der Waals surface area contributed by atoms with Gasteiger partial charge in [-0.3, -0.25) is 0 Å². The van der Waals surface area contributed by atoms with Crippen molar-refractivity contribution in [2.75, 3.05) is 31.7 Å². The molecule has 0 radical (unpaired) electrons. The number of benzene rings is 1. The predicted octanol–water partition coefficient (Wildman–Crippen LogP) is 2.24. The molecule has 1 saturated heterocycles. The summed E-state index contributed by atoms with van der Waals surface area (Å²) in [6.45, 7) is 2.94. The van der Waals surface area contributed by atoms with Gasteiger partial charge in [-0.05, 0) is 25.0 Å². The highest BCUT2D eigenvalue weighted by atomic mass is 16.5. The lowest BCUT2D eigenvalue weighted by Crippen LogP contribution is -2.18. The van der Waals surface area contributed by atoms with Crippen LogP contribution in [0, 0.1) is 0 Å². The minimum atomic E-state index is 0.287. The van der Waals surface area contributed by atoms with Crippen molar-refractivity contribution < 1.29 is 9.47 Å². The fourth-order valence-corrected chi connectivity index (χ4v) is 2.38. The molecule has 1 aliphatic rings. The van der Waals surface area contributed by atoms with Crippen LogP contribution in [0.3, 0.4) is 0 Å². The molecule has 1 atom stereocenters. The second kappa shape index (κ2) is 6.63. The van der Waals surface area contributed by atoms with Gasteiger partial charge in [0.2, 0.25) is 0 Å². The Kier molecular flexibility index (Phi) is 4.40. The summed E-state index contributed by atoms with van der Waals surface area (Å²) < 4.78 is 11.1. The summed E-state index contributed by atoms with van der Waals surface area (Å²) in [4.78, 5) is 8.52. The van der Waals surface area contributed by atoms with E-state index in [0.29, 0.717) is 13.2 Å². The third-order valence-electron chi connectivity index (χ3n) is 3.41. The topological polar surface area (TPSA) is 56.3 Å². The molecule has 1 aromatic heterocycles. The Bertz CT molecular complexity index is 550. The molecule has 0 aliphatic carbocycles. The Labute approximate surface area is 118 Å². The molecule has 0 amide bonds. The minimum absolute atomic E-state index is 0.287. The fourth-order valence-electron chi connectivity index (χ4n) is 2.38. The quantitative estimate of drug-likeness (QED) is 0.818. The number of fused-ring (bicyclic) bond motifs is 1. The molecule has 2 aromatic rings. The zero-order chi connectivity index (χ0) is 13.6. The first-order chi connectivity index (χ1) is 9.93. The molecule has 20 heavy (non-hydrogen) atoms. The molecule has 1 N–H and O–H groups in total. The average Bonchev–Trinajstić information content (AvgIpc) is 3.00. The number of ether oxygens (including phenoxy) is 2. The van der Waals surface area contributed by atoms with Crippen molar-refractivity contribution in [2.45, 2.75) is 18.9 Å². The molecule has 3 rings (SSSR count). The molecule has 1 aliphatic heterocycles. The smallest absolute Gasteiger partial charge is 0.137 e. The van der Waals surface area contributed by atoms with E-state index >= 15 is 0 Å². The van der Waals surface area contributed by atoms with Crippen molar-refractivity contribution in [2.24, 2.45) is 0 Å². The summed E-state index contributed by atoms with van der Waals surface area (Å²) in [5.74, 6) is 0.858. The van der Waals surface area contributed by atoms with Gasteiger partial charge in [-0.2, -0.15) is 0 Å². The van der Waals surface area contributed by atoms with Crippen molar-refractivity contribution in [3.63, 3.8) is 0 Å². The highest BCUT2D eigenvalue weighted by Gasteiger charge is 2.14.